The van der Waals surface area contributed by atoms with Crippen LogP contribution in [0.4, 0.5) is 32.8 Å². The molecule has 0 bridgehead atoms. The Morgan fingerprint density at radius 1 is 0.607 bits per heavy atom. The summed E-state index contributed by atoms with van der Waals surface area (Å²) >= 11 is 1.86. The van der Waals surface area contributed by atoms with Gasteiger partial charge in [0.25, 0.3) is 0 Å². The largest absolute Gasteiger partial charge is 0.314 e. The maximum Gasteiger partial charge on any atom is 0.212 e. The van der Waals surface area contributed by atoms with Crippen molar-refractivity contribution in [2.45, 2.75) is 12.3 Å². The average molecular weight is 742 g/mol. The van der Waals surface area contributed by atoms with Crippen LogP contribution in [0.2, 0.25) is 0 Å². The molecule has 3 atom stereocenters. The van der Waals surface area contributed by atoms with E-state index in [-0.39, 0.29) is 0 Å². The summed E-state index contributed by atoms with van der Waals surface area (Å²) in [4.78, 5) is 8.65. The number of aromatic nitrogens is 1. The summed E-state index contributed by atoms with van der Waals surface area (Å²) in [5, 5.41) is 2.64. The van der Waals surface area contributed by atoms with Crippen LogP contribution >= 0.6 is 11.3 Å². The summed E-state index contributed by atoms with van der Waals surface area (Å²) < 4.78 is 16.6. The Bertz CT molecular complexity index is 2850. The number of nitrogens with zero attached hydrogens (tertiary/aromatic N) is 3. The molecule has 3 unspecified atom stereocenters. The number of hydrogen-bond donors (Lipinski definition) is 0. The third kappa shape index (κ3) is 5.58. The molecular formula is C51H36FN3S. The van der Waals surface area contributed by atoms with Crippen LogP contribution in [0.1, 0.15) is 17.9 Å². The standard InChI is InChI=1S/C51H36FN3S/c52-51-27-24-42(32-53-51)54(39-19-14-34(15-20-39)33-8-2-1-3-9-33)40-21-16-35(17-22-40)38-18-25-47-44(29-38)45-28-36-10-4-5-11-37(36)30-48(45)55(47)41-23-26-50-46(31-41)43-12-6-7-13-49(43)56-50/h1-27,29-32,36-37,45H,28H2. The van der Waals surface area contributed by atoms with Crippen LogP contribution in [0, 0.1) is 17.8 Å². The normalized spacial score (nSPS) is 18.1. The fourth-order valence-electron chi connectivity index (χ4n) is 8.99. The highest BCUT2D eigenvalue weighted by Gasteiger charge is 2.40. The van der Waals surface area contributed by atoms with Gasteiger partial charge in [0.15, 0.2) is 0 Å². The third-order valence-electron chi connectivity index (χ3n) is 11.7. The number of thiophene rings is 1. The molecule has 1 aliphatic heterocycles. The first kappa shape index (κ1) is 32.8. The predicted octanol–water partition coefficient (Wildman–Crippen LogP) is 14.3. The maximum atomic E-state index is 14.0. The van der Waals surface area contributed by atoms with E-state index < -0.39 is 5.95 Å². The quantitative estimate of drug-likeness (QED) is 0.158. The van der Waals surface area contributed by atoms with Crippen molar-refractivity contribution in [3.63, 3.8) is 0 Å². The lowest BCUT2D eigenvalue weighted by atomic mass is 9.74. The smallest absolute Gasteiger partial charge is 0.212 e. The molecule has 0 amide bonds. The minimum Gasteiger partial charge on any atom is -0.314 e. The SMILES string of the molecule is Fc1ccc(N(c2ccc(-c3ccccc3)cc2)c2ccc(-c3ccc4c(c3)C3CC5C=CC=CC5C=C3N4c3ccc4sc5ccccc5c4c3)cc2)cn1. The highest BCUT2D eigenvalue weighted by atomic mass is 32.1. The molecular weight excluding hydrogens is 706 g/mol. The van der Waals surface area contributed by atoms with Gasteiger partial charge in [0.05, 0.1) is 11.9 Å². The molecule has 0 spiro atoms. The molecule has 3 nitrogen and oxygen atoms in total. The molecule has 0 radical (unpaired) electrons. The van der Waals surface area contributed by atoms with Crippen LogP contribution in [0.15, 0.2) is 194 Å². The van der Waals surface area contributed by atoms with Crippen LogP contribution in [0.25, 0.3) is 42.4 Å². The fourth-order valence-corrected chi connectivity index (χ4v) is 10.1. The zero-order chi connectivity index (χ0) is 37.2. The molecule has 3 heterocycles. The fraction of sp³-hybridized carbons (Fsp3) is 0.0784. The van der Waals surface area contributed by atoms with Crippen LogP contribution < -0.4 is 9.80 Å². The first-order valence-corrected chi connectivity index (χ1v) is 20.1. The molecule has 56 heavy (non-hydrogen) atoms. The number of hydrogen-bond acceptors (Lipinski definition) is 4. The number of halogens is 1. The highest BCUT2D eigenvalue weighted by Crippen LogP contribution is 2.55. The van der Waals surface area contributed by atoms with Gasteiger partial charge in [-0.25, -0.2) is 4.98 Å². The zero-order valence-corrected chi connectivity index (χ0v) is 31.3. The molecule has 2 aromatic heterocycles. The van der Waals surface area contributed by atoms with E-state index in [0.29, 0.717) is 17.8 Å². The van der Waals surface area contributed by atoms with Gasteiger partial charge in [0.2, 0.25) is 5.95 Å². The number of allylic oxidation sites excluding steroid dienone is 6. The van der Waals surface area contributed by atoms with Gasteiger partial charge in [0, 0.05) is 60.5 Å². The van der Waals surface area contributed by atoms with Crippen molar-refractivity contribution < 1.29 is 4.39 Å². The van der Waals surface area contributed by atoms with E-state index in [0.717, 1.165) is 40.2 Å². The van der Waals surface area contributed by atoms with Gasteiger partial charge in [0.1, 0.15) is 0 Å². The molecule has 0 fully saturated rings. The van der Waals surface area contributed by atoms with E-state index in [1.807, 2.05) is 17.4 Å². The summed E-state index contributed by atoms with van der Waals surface area (Å²) in [7, 11) is 0. The second-order valence-corrected chi connectivity index (χ2v) is 16.0. The topological polar surface area (TPSA) is 19.4 Å². The van der Waals surface area contributed by atoms with Gasteiger partial charge in [-0.05, 0) is 113 Å². The molecule has 2 aliphatic carbocycles. The first-order valence-electron chi connectivity index (χ1n) is 19.2. The van der Waals surface area contributed by atoms with Crippen LogP contribution in [-0.2, 0) is 0 Å². The number of anilines is 5. The van der Waals surface area contributed by atoms with Gasteiger partial charge in [-0.3, -0.25) is 0 Å². The summed E-state index contributed by atoms with van der Waals surface area (Å²) in [6, 6.07) is 53.5. The second-order valence-electron chi connectivity index (χ2n) is 14.9. The van der Waals surface area contributed by atoms with Gasteiger partial charge >= 0.3 is 0 Å². The molecule has 0 N–H and O–H groups in total. The van der Waals surface area contributed by atoms with Crippen molar-refractivity contribution in [3.05, 3.63) is 205 Å². The minimum absolute atomic E-state index is 0.303. The molecule has 3 aliphatic rings. The van der Waals surface area contributed by atoms with Gasteiger partial charge in [-0.2, -0.15) is 4.39 Å². The minimum atomic E-state index is -0.498. The van der Waals surface area contributed by atoms with Crippen molar-refractivity contribution in [2.24, 2.45) is 11.8 Å². The molecule has 8 aromatic rings. The monoisotopic (exact) mass is 741 g/mol. The van der Waals surface area contributed by atoms with E-state index in [9.17, 15) is 4.39 Å². The lowest BCUT2D eigenvalue weighted by molar-refractivity contribution is 0.450. The molecule has 0 saturated carbocycles. The van der Waals surface area contributed by atoms with E-state index in [4.69, 9.17) is 0 Å². The summed E-state index contributed by atoms with van der Waals surface area (Å²) in [5.41, 5.74) is 12.6. The Labute approximate surface area is 329 Å². The first-order chi connectivity index (χ1) is 27.6. The Balaban J connectivity index is 0.970. The summed E-state index contributed by atoms with van der Waals surface area (Å²) in [6.07, 6.45) is 14.4. The summed E-state index contributed by atoms with van der Waals surface area (Å²) in [5.74, 6) is 0.689. The number of rotatable bonds is 6. The molecule has 268 valence electrons. The Morgan fingerprint density at radius 3 is 2.07 bits per heavy atom. The molecule has 11 rings (SSSR count). The van der Waals surface area contributed by atoms with E-state index in [1.54, 1.807) is 12.3 Å². The number of benzene rings is 6. The highest BCUT2D eigenvalue weighted by molar-refractivity contribution is 7.25. The average Bonchev–Trinajstić information content (AvgIpc) is 3.79. The second kappa shape index (κ2) is 13.3. The Hall–Kier alpha value is -6.56. The number of pyridine rings is 1. The van der Waals surface area contributed by atoms with Crippen molar-refractivity contribution in [2.75, 3.05) is 9.80 Å². The van der Waals surface area contributed by atoms with Gasteiger partial charge in [-0.1, -0.05) is 109 Å². The van der Waals surface area contributed by atoms with Crippen LogP contribution in [0.3, 0.4) is 0 Å². The summed E-state index contributed by atoms with van der Waals surface area (Å²) in [6.45, 7) is 0. The number of fused-ring (bicyclic) bond motifs is 7. The zero-order valence-electron chi connectivity index (χ0n) is 30.5. The van der Waals surface area contributed by atoms with Crippen molar-refractivity contribution in [1.82, 2.24) is 4.98 Å². The van der Waals surface area contributed by atoms with Crippen molar-refractivity contribution in [3.8, 4) is 22.3 Å². The van der Waals surface area contributed by atoms with Gasteiger partial charge < -0.3 is 9.80 Å². The Morgan fingerprint density at radius 2 is 1.29 bits per heavy atom. The maximum absolute atomic E-state index is 14.0. The molecule has 5 heteroatoms. The molecule has 6 aromatic carbocycles. The third-order valence-corrected chi connectivity index (χ3v) is 12.9. The lowest BCUT2D eigenvalue weighted by Gasteiger charge is -2.33. The van der Waals surface area contributed by atoms with Crippen LogP contribution in [-0.4, -0.2) is 4.98 Å². The van der Waals surface area contributed by atoms with Gasteiger partial charge in [-0.15, -0.1) is 11.3 Å². The van der Waals surface area contributed by atoms with E-state index in [1.165, 1.54) is 54.4 Å². The van der Waals surface area contributed by atoms with Crippen molar-refractivity contribution in [1.29, 1.82) is 0 Å². The van der Waals surface area contributed by atoms with Crippen LogP contribution in [0.5, 0.6) is 0 Å². The predicted molar refractivity (Wildman–Crippen MR) is 232 cm³/mol. The van der Waals surface area contributed by atoms with E-state index >= 15 is 0 Å². The van der Waals surface area contributed by atoms with Crippen molar-refractivity contribution >= 4 is 59.9 Å². The molecule has 0 saturated heterocycles. The lowest BCUT2D eigenvalue weighted by Crippen LogP contribution is -2.24. The van der Waals surface area contributed by atoms with E-state index in [2.05, 4.69) is 179 Å². The Kier molecular flexibility index (Phi) is 7.81.